The second kappa shape index (κ2) is 4.83. The van der Waals surface area contributed by atoms with Gasteiger partial charge in [-0.3, -0.25) is 0 Å². The van der Waals surface area contributed by atoms with Crippen LogP contribution in [0.15, 0.2) is 29.1 Å². The van der Waals surface area contributed by atoms with Gasteiger partial charge in [-0.2, -0.15) is 4.98 Å². The number of carbonyl (C=O) groups excluding carboxylic acids is 1. The zero-order valence-electron chi connectivity index (χ0n) is 12.4. The number of rotatable bonds is 1. The van der Waals surface area contributed by atoms with Crippen LogP contribution >= 0.6 is 0 Å². The summed E-state index contributed by atoms with van der Waals surface area (Å²) in [5.41, 5.74) is 6.21. The molecule has 2 N–H and O–H groups in total. The minimum absolute atomic E-state index is 0.0178. The van der Waals surface area contributed by atoms with Crippen molar-refractivity contribution in [3.63, 3.8) is 0 Å². The maximum Gasteiger partial charge on any atom is 0.421 e. The van der Waals surface area contributed by atoms with Crippen LogP contribution in [0.2, 0.25) is 0 Å². The second-order valence-electron chi connectivity index (χ2n) is 5.67. The van der Waals surface area contributed by atoms with Crippen molar-refractivity contribution in [1.82, 2.24) is 19.5 Å². The van der Waals surface area contributed by atoms with Crippen LogP contribution in [0.1, 0.15) is 20.8 Å². The molecule has 0 unspecified atom stereocenters. The Morgan fingerprint density at radius 3 is 2.77 bits per heavy atom. The number of imidazole rings is 1. The van der Waals surface area contributed by atoms with Crippen molar-refractivity contribution in [3.8, 4) is 11.5 Å². The number of anilines is 1. The number of carbonyl (C=O) groups is 1. The van der Waals surface area contributed by atoms with Gasteiger partial charge in [-0.05, 0) is 32.9 Å². The number of hydrogen-bond donors (Lipinski definition) is 1. The van der Waals surface area contributed by atoms with Gasteiger partial charge in [-0.25, -0.2) is 19.3 Å². The van der Waals surface area contributed by atoms with Crippen LogP contribution in [0.4, 0.5) is 10.7 Å². The summed E-state index contributed by atoms with van der Waals surface area (Å²) in [6, 6.07) is 3.46. The van der Waals surface area contributed by atoms with Gasteiger partial charge in [0.2, 0.25) is 5.95 Å². The predicted molar refractivity (Wildman–Crippen MR) is 79.1 cm³/mol. The van der Waals surface area contributed by atoms with Gasteiger partial charge in [0.05, 0.1) is 6.26 Å². The smallest absolute Gasteiger partial charge is 0.421 e. The summed E-state index contributed by atoms with van der Waals surface area (Å²) in [5, 5.41) is 0. The van der Waals surface area contributed by atoms with Gasteiger partial charge in [0.25, 0.3) is 0 Å². The third-order valence-corrected chi connectivity index (χ3v) is 2.76. The number of aromatic nitrogens is 4. The molecule has 3 rings (SSSR count). The van der Waals surface area contributed by atoms with Crippen LogP contribution in [0.3, 0.4) is 0 Å². The number of hydrogen-bond acceptors (Lipinski definition) is 7. The molecule has 0 saturated carbocycles. The number of nitrogens with two attached hydrogens (primary N) is 1. The lowest BCUT2D eigenvalue weighted by molar-refractivity contribution is 0.0543. The second-order valence-corrected chi connectivity index (χ2v) is 5.67. The van der Waals surface area contributed by atoms with Gasteiger partial charge in [-0.15, -0.1) is 0 Å². The van der Waals surface area contributed by atoms with Crippen LogP contribution in [-0.2, 0) is 4.74 Å². The molecule has 3 heterocycles. The molecule has 0 bridgehead atoms. The summed E-state index contributed by atoms with van der Waals surface area (Å²) < 4.78 is 11.8. The zero-order chi connectivity index (χ0) is 15.9. The van der Waals surface area contributed by atoms with Crippen LogP contribution in [-0.4, -0.2) is 31.2 Å². The maximum atomic E-state index is 12.2. The highest BCUT2D eigenvalue weighted by Gasteiger charge is 2.22. The highest BCUT2D eigenvalue weighted by Crippen LogP contribution is 2.26. The molecule has 0 atom stereocenters. The molecule has 0 amide bonds. The van der Waals surface area contributed by atoms with E-state index in [4.69, 9.17) is 14.9 Å². The molecule has 8 heteroatoms. The van der Waals surface area contributed by atoms with E-state index in [0.717, 1.165) is 0 Å². The predicted octanol–water partition coefficient (Wildman–Crippen LogP) is 2.45. The Bertz CT molecular complexity index is 830. The number of ether oxygens (including phenoxy) is 1. The molecule has 0 spiro atoms. The molecular formula is C14H15N5O3. The quantitative estimate of drug-likeness (QED) is 0.735. The Balaban J connectivity index is 2.14. The van der Waals surface area contributed by atoms with E-state index in [-0.39, 0.29) is 11.6 Å². The van der Waals surface area contributed by atoms with Crippen LogP contribution in [0.25, 0.3) is 22.6 Å². The first kappa shape index (κ1) is 14.1. The van der Waals surface area contributed by atoms with E-state index in [1.54, 1.807) is 32.9 Å². The molecule has 8 nitrogen and oxygen atoms in total. The van der Waals surface area contributed by atoms with Crippen molar-refractivity contribution in [3.05, 3.63) is 24.7 Å². The first-order valence-electron chi connectivity index (χ1n) is 6.63. The number of nitrogen functional groups attached to an aromatic ring is 1. The molecular weight excluding hydrogens is 286 g/mol. The monoisotopic (exact) mass is 301 g/mol. The van der Waals surface area contributed by atoms with Crippen molar-refractivity contribution in [2.24, 2.45) is 0 Å². The van der Waals surface area contributed by atoms with Crippen molar-refractivity contribution in [2.45, 2.75) is 26.4 Å². The van der Waals surface area contributed by atoms with Crippen molar-refractivity contribution in [2.75, 3.05) is 5.73 Å². The minimum atomic E-state index is -0.629. The lowest BCUT2D eigenvalue weighted by atomic mass is 10.2. The van der Waals surface area contributed by atoms with E-state index in [1.807, 2.05) is 0 Å². The lowest BCUT2D eigenvalue weighted by Gasteiger charge is -2.19. The van der Waals surface area contributed by atoms with Crippen LogP contribution in [0, 0.1) is 0 Å². The minimum Gasteiger partial charge on any atom is -0.463 e. The summed E-state index contributed by atoms with van der Waals surface area (Å²) >= 11 is 0. The highest BCUT2D eigenvalue weighted by atomic mass is 16.6. The molecule has 0 saturated heterocycles. The average molecular weight is 301 g/mol. The van der Waals surface area contributed by atoms with E-state index in [1.165, 1.54) is 17.2 Å². The number of furan rings is 1. The largest absolute Gasteiger partial charge is 0.463 e. The number of fused-ring (bicyclic) bond motifs is 1. The first-order chi connectivity index (χ1) is 10.3. The Hall–Kier alpha value is -2.90. The van der Waals surface area contributed by atoms with E-state index in [2.05, 4.69) is 15.0 Å². The highest BCUT2D eigenvalue weighted by molar-refractivity contribution is 5.91. The fraction of sp³-hybridized carbons (Fsp3) is 0.286. The first-order valence-corrected chi connectivity index (χ1v) is 6.63. The molecule has 0 fully saturated rings. The van der Waals surface area contributed by atoms with Crippen molar-refractivity contribution >= 4 is 23.2 Å². The fourth-order valence-corrected chi connectivity index (χ4v) is 1.95. The van der Waals surface area contributed by atoms with E-state index >= 15 is 0 Å². The summed E-state index contributed by atoms with van der Waals surface area (Å²) in [7, 11) is 0. The summed E-state index contributed by atoms with van der Waals surface area (Å²) in [5.74, 6) is 0.512. The van der Waals surface area contributed by atoms with Crippen LogP contribution in [0.5, 0.6) is 0 Å². The van der Waals surface area contributed by atoms with Crippen LogP contribution < -0.4 is 5.73 Å². The number of nitrogens with zero attached hydrogens (tertiary/aromatic N) is 4. The van der Waals surface area contributed by atoms with Gasteiger partial charge >= 0.3 is 6.09 Å². The van der Waals surface area contributed by atoms with Gasteiger partial charge in [0, 0.05) is 0 Å². The Kier molecular flexibility index (Phi) is 3.09. The maximum absolute atomic E-state index is 12.2. The third-order valence-electron chi connectivity index (χ3n) is 2.76. The average Bonchev–Trinajstić information content (AvgIpc) is 3.04. The Labute approximate surface area is 125 Å². The third kappa shape index (κ3) is 2.50. The molecule has 0 aromatic carbocycles. The summed E-state index contributed by atoms with van der Waals surface area (Å²) in [6.45, 7) is 5.34. The summed E-state index contributed by atoms with van der Waals surface area (Å²) in [4.78, 5) is 24.6. The van der Waals surface area contributed by atoms with Crippen molar-refractivity contribution < 1.29 is 13.9 Å². The van der Waals surface area contributed by atoms with Crippen molar-refractivity contribution in [1.29, 1.82) is 0 Å². The van der Waals surface area contributed by atoms with E-state index in [9.17, 15) is 4.79 Å². The molecule has 0 aliphatic carbocycles. The fourth-order valence-electron chi connectivity index (χ4n) is 1.95. The van der Waals surface area contributed by atoms with Gasteiger partial charge in [0.15, 0.2) is 11.4 Å². The molecule has 22 heavy (non-hydrogen) atoms. The molecule has 3 aromatic heterocycles. The topological polar surface area (TPSA) is 109 Å². The zero-order valence-corrected chi connectivity index (χ0v) is 12.4. The molecule has 0 aliphatic heterocycles. The standard InChI is InChI=1S/C14H15N5O3/c1-14(2,3)22-13(20)19-7-16-10-9(8-5-4-6-21-8)17-12(15)18-11(10)19/h4-7H,1-3H3,(H2,15,17,18). The normalized spacial score (nSPS) is 11.8. The van der Waals surface area contributed by atoms with E-state index in [0.29, 0.717) is 17.0 Å². The molecule has 3 aromatic rings. The van der Waals surface area contributed by atoms with Gasteiger partial charge in [0.1, 0.15) is 23.1 Å². The molecule has 0 radical (unpaired) electrons. The Morgan fingerprint density at radius 1 is 1.36 bits per heavy atom. The lowest BCUT2D eigenvalue weighted by Crippen LogP contribution is -2.27. The summed E-state index contributed by atoms with van der Waals surface area (Å²) in [6.07, 6.45) is 2.27. The molecule has 0 aliphatic rings. The molecule has 114 valence electrons. The SMILES string of the molecule is CC(C)(C)OC(=O)n1cnc2c(-c3ccco3)nc(N)nc21. The van der Waals surface area contributed by atoms with Gasteiger partial charge in [-0.1, -0.05) is 0 Å². The van der Waals surface area contributed by atoms with E-state index < -0.39 is 11.7 Å². The van der Waals surface area contributed by atoms with Gasteiger partial charge < -0.3 is 14.9 Å². The Morgan fingerprint density at radius 2 is 2.14 bits per heavy atom.